The molecule has 0 bridgehead atoms. The molecule has 126 valence electrons. The molecule has 4 rings (SSSR count). The fourth-order valence-electron chi connectivity index (χ4n) is 2.79. The summed E-state index contributed by atoms with van der Waals surface area (Å²) in [6.45, 7) is 1.21. The molecule has 5 nitrogen and oxygen atoms in total. The zero-order valence-electron chi connectivity index (χ0n) is 13.2. The second-order valence-electron chi connectivity index (χ2n) is 5.76. The van der Waals surface area contributed by atoms with Gasteiger partial charge in [0.1, 0.15) is 11.5 Å². The summed E-state index contributed by atoms with van der Waals surface area (Å²) in [6.07, 6.45) is 1.88. The van der Waals surface area contributed by atoms with Crippen LogP contribution >= 0.6 is 15.9 Å². The van der Waals surface area contributed by atoms with Crippen molar-refractivity contribution in [2.45, 2.75) is 13.1 Å². The average Bonchev–Trinajstić information content (AvgIpc) is 3.03. The molecule has 7 heteroatoms. The summed E-state index contributed by atoms with van der Waals surface area (Å²) in [7, 11) is 0. The van der Waals surface area contributed by atoms with E-state index < -0.39 is 0 Å². The van der Waals surface area contributed by atoms with Gasteiger partial charge in [0, 0.05) is 29.1 Å². The van der Waals surface area contributed by atoms with E-state index in [2.05, 4.69) is 31.2 Å². The molecule has 0 spiro atoms. The number of nitrogens with zero attached hydrogens (tertiary/aromatic N) is 3. The number of aromatic nitrogens is 3. The monoisotopic (exact) mass is 399 g/mol. The number of fused-ring (bicyclic) bond motifs is 3. The van der Waals surface area contributed by atoms with E-state index in [1.807, 2.05) is 24.4 Å². The Labute approximate surface area is 151 Å². The molecule has 2 aromatic heterocycles. The van der Waals surface area contributed by atoms with Crippen molar-refractivity contribution in [1.82, 2.24) is 19.7 Å². The average molecular weight is 400 g/mol. The Morgan fingerprint density at radius 1 is 1.08 bits per heavy atom. The van der Waals surface area contributed by atoms with Crippen LogP contribution in [0.3, 0.4) is 0 Å². The molecule has 0 aliphatic heterocycles. The SMILES string of the molecule is Nc1nc2c(Br)cccc2c2nc(CNCc3ccc(F)cc3)cn12. The van der Waals surface area contributed by atoms with E-state index >= 15 is 0 Å². The van der Waals surface area contributed by atoms with Crippen LogP contribution in [0.2, 0.25) is 0 Å². The van der Waals surface area contributed by atoms with Crippen LogP contribution in [-0.4, -0.2) is 14.4 Å². The van der Waals surface area contributed by atoms with Crippen LogP contribution in [0.15, 0.2) is 53.1 Å². The highest BCUT2D eigenvalue weighted by Crippen LogP contribution is 2.26. The van der Waals surface area contributed by atoms with Crippen LogP contribution in [0.25, 0.3) is 16.6 Å². The van der Waals surface area contributed by atoms with E-state index in [1.54, 1.807) is 16.5 Å². The molecule has 0 saturated carbocycles. The predicted molar refractivity (Wildman–Crippen MR) is 99.5 cm³/mol. The lowest BCUT2D eigenvalue weighted by Crippen LogP contribution is -2.12. The molecule has 25 heavy (non-hydrogen) atoms. The van der Waals surface area contributed by atoms with E-state index in [-0.39, 0.29) is 5.82 Å². The number of halogens is 2. The van der Waals surface area contributed by atoms with E-state index in [4.69, 9.17) is 5.73 Å². The minimum absolute atomic E-state index is 0.231. The van der Waals surface area contributed by atoms with Crippen molar-refractivity contribution in [3.8, 4) is 0 Å². The van der Waals surface area contributed by atoms with Gasteiger partial charge in [-0.3, -0.25) is 4.40 Å². The molecular formula is C18H15BrFN5. The van der Waals surface area contributed by atoms with Crippen LogP contribution in [0.4, 0.5) is 10.3 Å². The zero-order chi connectivity index (χ0) is 17.4. The largest absolute Gasteiger partial charge is 0.369 e. The molecular weight excluding hydrogens is 385 g/mol. The minimum Gasteiger partial charge on any atom is -0.369 e. The number of nitrogen functional groups attached to an aromatic ring is 1. The topological polar surface area (TPSA) is 68.2 Å². The maximum atomic E-state index is 12.9. The molecule has 3 N–H and O–H groups in total. The Kier molecular flexibility index (Phi) is 4.10. The predicted octanol–water partition coefficient (Wildman–Crippen LogP) is 3.66. The van der Waals surface area contributed by atoms with E-state index in [9.17, 15) is 4.39 Å². The molecule has 0 saturated heterocycles. The Hall–Kier alpha value is -2.51. The molecule has 0 amide bonds. The number of para-hydroxylation sites is 1. The zero-order valence-corrected chi connectivity index (χ0v) is 14.8. The molecule has 0 fully saturated rings. The first-order chi connectivity index (χ1) is 12.1. The number of nitrogens with two attached hydrogens (primary N) is 1. The Morgan fingerprint density at radius 2 is 1.88 bits per heavy atom. The molecule has 0 unspecified atom stereocenters. The molecule has 2 heterocycles. The lowest BCUT2D eigenvalue weighted by atomic mass is 10.2. The third-order valence-electron chi connectivity index (χ3n) is 4.01. The number of hydrogen-bond donors (Lipinski definition) is 2. The van der Waals surface area contributed by atoms with Gasteiger partial charge in [-0.15, -0.1) is 0 Å². The fourth-order valence-corrected chi connectivity index (χ4v) is 3.25. The number of nitrogens with one attached hydrogen (secondary N) is 1. The minimum atomic E-state index is -0.231. The van der Waals surface area contributed by atoms with Crippen LogP contribution in [-0.2, 0) is 13.1 Å². The van der Waals surface area contributed by atoms with E-state index in [1.165, 1.54) is 12.1 Å². The summed E-state index contributed by atoms with van der Waals surface area (Å²) in [6, 6.07) is 12.3. The van der Waals surface area contributed by atoms with Gasteiger partial charge >= 0.3 is 0 Å². The van der Waals surface area contributed by atoms with Gasteiger partial charge in [0.25, 0.3) is 0 Å². The number of anilines is 1. The van der Waals surface area contributed by atoms with Gasteiger partial charge in [0.15, 0.2) is 0 Å². The summed E-state index contributed by atoms with van der Waals surface area (Å²) >= 11 is 3.50. The van der Waals surface area contributed by atoms with Crippen LogP contribution in [0.5, 0.6) is 0 Å². The lowest BCUT2D eigenvalue weighted by molar-refractivity contribution is 0.624. The normalized spacial score (nSPS) is 11.4. The summed E-state index contributed by atoms with van der Waals surface area (Å²) in [5.74, 6) is 0.164. The Bertz CT molecular complexity index is 1060. The van der Waals surface area contributed by atoms with Gasteiger partial charge in [-0.1, -0.05) is 18.2 Å². The third kappa shape index (κ3) is 3.08. The van der Waals surface area contributed by atoms with Crippen molar-refractivity contribution in [1.29, 1.82) is 0 Å². The van der Waals surface area contributed by atoms with E-state index in [0.717, 1.165) is 32.3 Å². The van der Waals surface area contributed by atoms with Crippen LogP contribution in [0.1, 0.15) is 11.3 Å². The second-order valence-corrected chi connectivity index (χ2v) is 6.62. The summed E-state index contributed by atoms with van der Waals surface area (Å²) in [4.78, 5) is 9.14. The van der Waals surface area contributed by atoms with Crippen LogP contribution in [0, 0.1) is 5.82 Å². The molecule has 0 atom stereocenters. The van der Waals surface area contributed by atoms with E-state index in [0.29, 0.717) is 19.0 Å². The quantitative estimate of drug-likeness (QED) is 0.549. The van der Waals surface area contributed by atoms with Crippen molar-refractivity contribution in [3.05, 3.63) is 70.2 Å². The molecule has 0 aliphatic carbocycles. The smallest absolute Gasteiger partial charge is 0.206 e. The molecule has 4 aromatic rings. The lowest BCUT2D eigenvalue weighted by Gasteiger charge is -2.04. The number of hydrogen-bond acceptors (Lipinski definition) is 4. The molecule has 0 radical (unpaired) electrons. The van der Waals surface area contributed by atoms with Crippen molar-refractivity contribution in [3.63, 3.8) is 0 Å². The first-order valence-corrected chi connectivity index (χ1v) is 8.58. The van der Waals surface area contributed by atoms with Crippen molar-refractivity contribution >= 4 is 38.4 Å². The van der Waals surface area contributed by atoms with Crippen molar-refractivity contribution in [2.75, 3.05) is 5.73 Å². The van der Waals surface area contributed by atoms with Crippen molar-refractivity contribution < 1.29 is 4.39 Å². The standard InChI is InChI=1S/C18H15BrFN5/c19-15-3-1-2-14-16(15)24-18(21)25-10-13(23-17(14)25)9-22-8-11-4-6-12(20)7-5-11/h1-7,10,22H,8-9H2,(H2,21,24). The highest BCUT2D eigenvalue weighted by molar-refractivity contribution is 9.10. The Morgan fingerprint density at radius 3 is 2.68 bits per heavy atom. The van der Waals surface area contributed by atoms with Gasteiger partial charge in [-0.2, -0.15) is 0 Å². The number of benzene rings is 2. The van der Waals surface area contributed by atoms with Crippen molar-refractivity contribution in [2.24, 2.45) is 0 Å². The summed E-state index contributed by atoms with van der Waals surface area (Å²) in [5.41, 5.74) is 9.53. The van der Waals surface area contributed by atoms with Crippen LogP contribution < -0.4 is 11.1 Å². The highest BCUT2D eigenvalue weighted by Gasteiger charge is 2.11. The van der Waals surface area contributed by atoms with Gasteiger partial charge in [-0.25, -0.2) is 14.4 Å². The second kappa shape index (κ2) is 6.42. The number of rotatable bonds is 4. The molecule has 2 aromatic carbocycles. The number of imidazole rings is 1. The third-order valence-corrected chi connectivity index (χ3v) is 4.65. The van der Waals surface area contributed by atoms with Gasteiger partial charge < -0.3 is 11.1 Å². The Balaban J connectivity index is 1.60. The van der Waals surface area contributed by atoms with Gasteiger partial charge in [0.2, 0.25) is 5.95 Å². The summed E-state index contributed by atoms with van der Waals surface area (Å²) < 4.78 is 15.6. The first-order valence-electron chi connectivity index (χ1n) is 7.78. The summed E-state index contributed by atoms with van der Waals surface area (Å²) in [5, 5.41) is 4.25. The first kappa shape index (κ1) is 16.0. The maximum absolute atomic E-state index is 12.9. The maximum Gasteiger partial charge on any atom is 0.206 e. The van der Waals surface area contributed by atoms with Gasteiger partial charge in [-0.05, 0) is 45.8 Å². The molecule has 0 aliphatic rings. The van der Waals surface area contributed by atoms with Gasteiger partial charge in [0.05, 0.1) is 11.2 Å². The fraction of sp³-hybridized carbons (Fsp3) is 0.111. The highest BCUT2D eigenvalue weighted by atomic mass is 79.9.